The van der Waals surface area contributed by atoms with Crippen molar-refractivity contribution in [2.75, 3.05) is 19.8 Å². The minimum atomic E-state index is -0.193. The molecule has 90 valence electrons. The Morgan fingerprint density at radius 1 is 1.20 bits per heavy atom. The second kappa shape index (κ2) is 9.93. The van der Waals surface area contributed by atoms with Gasteiger partial charge in [-0.05, 0) is 20.3 Å². The Morgan fingerprint density at radius 3 is 2.27 bits per heavy atom. The molecule has 0 radical (unpaired) electrons. The van der Waals surface area contributed by atoms with Crippen LogP contribution in [0, 0.1) is 0 Å². The molecule has 0 aliphatic carbocycles. The molecule has 0 heterocycles. The van der Waals surface area contributed by atoms with Gasteiger partial charge in [0.1, 0.15) is 0 Å². The van der Waals surface area contributed by atoms with Crippen molar-refractivity contribution in [1.82, 2.24) is 5.32 Å². The molecule has 1 amide bonds. The van der Waals surface area contributed by atoms with E-state index in [2.05, 4.69) is 5.32 Å². The first-order chi connectivity index (χ1) is 7.24. The van der Waals surface area contributed by atoms with Gasteiger partial charge in [-0.2, -0.15) is 0 Å². The van der Waals surface area contributed by atoms with E-state index in [4.69, 9.17) is 9.47 Å². The van der Waals surface area contributed by atoms with Crippen molar-refractivity contribution in [3.8, 4) is 0 Å². The highest BCUT2D eigenvalue weighted by atomic mass is 16.7. The van der Waals surface area contributed by atoms with Crippen LogP contribution in [0.2, 0.25) is 0 Å². The number of carbonyl (C=O) groups excluding carboxylic acids is 1. The molecule has 0 bridgehead atoms. The van der Waals surface area contributed by atoms with Gasteiger partial charge >= 0.3 is 0 Å². The molecule has 4 heteroatoms. The fraction of sp³-hybridized carbons (Fsp3) is 0.909. The Hall–Kier alpha value is -0.610. The molecule has 0 aromatic rings. The Balaban J connectivity index is 3.55. The van der Waals surface area contributed by atoms with Crippen molar-refractivity contribution in [3.63, 3.8) is 0 Å². The molecule has 0 unspecified atom stereocenters. The SMILES string of the molecule is CCCC(=O)NCCC(OCC)OCC. The van der Waals surface area contributed by atoms with Crippen molar-refractivity contribution >= 4 is 5.91 Å². The van der Waals surface area contributed by atoms with Crippen LogP contribution in [0.5, 0.6) is 0 Å². The predicted molar refractivity (Wildman–Crippen MR) is 59.6 cm³/mol. The molecule has 0 fully saturated rings. The van der Waals surface area contributed by atoms with E-state index in [1.165, 1.54) is 0 Å². The van der Waals surface area contributed by atoms with Crippen LogP contribution in [0.1, 0.15) is 40.0 Å². The highest BCUT2D eigenvalue weighted by molar-refractivity contribution is 5.75. The van der Waals surface area contributed by atoms with Gasteiger partial charge in [0.15, 0.2) is 6.29 Å². The summed E-state index contributed by atoms with van der Waals surface area (Å²) in [7, 11) is 0. The second-order valence-corrected chi connectivity index (χ2v) is 3.23. The van der Waals surface area contributed by atoms with Crippen LogP contribution in [-0.2, 0) is 14.3 Å². The van der Waals surface area contributed by atoms with Gasteiger partial charge in [-0.1, -0.05) is 6.92 Å². The van der Waals surface area contributed by atoms with E-state index >= 15 is 0 Å². The third kappa shape index (κ3) is 8.39. The van der Waals surface area contributed by atoms with Crippen LogP contribution in [0.4, 0.5) is 0 Å². The fourth-order valence-corrected chi connectivity index (χ4v) is 1.23. The maximum Gasteiger partial charge on any atom is 0.219 e. The zero-order valence-electron chi connectivity index (χ0n) is 10.0. The summed E-state index contributed by atoms with van der Waals surface area (Å²) in [6, 6.07) is 0. The van der Waals surface area contributed by atoms with Crippen molar-refractivity contribution < 1.29 is 14.3 Å². The zero-order chi connectivity index (χ0) is 11.5. The molecule has 0 aliphatic heterocycles. The Kier molecular flexibility index (Phi) is 9.52. The maximum atomic E-state index is 11.1. The number of hydrogen-bond acceptors (Lipinski definition) is 3. The number of amides is 1. The van der Waals surface area contributed by atoms with Gasteiger partial charge in [0.05, 0.1) is 0 Å². The number of carbonyl (C=O) groups is 1. The average Bonchev–Trinajstić information content (AvgIpc) is 2.19. The van der Waals surface area contributed by atoms with Gasteiger partial charge in [-0.3, -0.25) is 4.79 Å². The minimum Gasteiger partial charge on any atom is -0.356 e. The third-order valence-corrected chi connectivity index (χ3v) is 1.88. The second-order valence-electron chi connectivity index (χ2n) is 3.23. The molecule has 15 heavy (non-hydrogen) atoms. The van der Waals surface area contributed by atoms with E-state index in [1.807, 2.05) is 20.8 Å². The number of ether oxygens (including phenoxy) is 2. The van der Waals surface area contributed by atoms with Crippen molar-refractivity contribution in [3.05, 3.63) is 0 Å². The van der Waals surface area contributed by atoms with Gasteiger partial charge in [0, 0.05) is 32.6 Å². The minimum absolute atomic E-state index is 0.101. The molecule has 0 saturated carbocycles. The summed E-state index contributed by atoms with van der Waals surface area (Å²) >= 11 is 0. The summed E-state index contributed by atoms with van der Waals surface area (Å²) < 4.78 is 10.7. The summed E-state index contributed by atoms with van der Waals surface area (Å²) in [5, 5.41) is 2.83. The van der Waals surface area contributed by atoms with Gasteiger partial charge in [-0.25, -0.2) is 0 Å². The summed E-state index contributed by atoms with van der Waals surface area (Å²) in [6.45, 7) is 7.73. The molecule has 0 aliphatic rings. The molecule has 0 rings (SSSR count). The Labute approximate surface area is 92.3 Å². The Morgan fingerprint density at radius 2 is 1.80 bits per heavy atom. The van der Waals surface area contributed by atoms with Crippen molar-refractivity contribution in [1.29, 1.82) is 0 Å². The predicted octanol–water partition coefficient (Wildman–Crippen LogP) is 1.69. The van der Waals surface area contributed by atoms with E-state index in [0.29, 0.717) is 32.6 Å². The Bertz CT molecular complexity index is 156. The molecule has 1 N–H and O–H groups in total. The molecular formula is C11H23NO3. The lowest BCUT2D eigenvalue weighted by atomic mass is 10.3. The summed E-state index contributed by atoms with van der Waals surface area (Å²) in [5.41, 5.74) is 0. The van der Waals surface area contributed by atoms with Crippen LogP contribution < -0.4 is 5.32 Å². The first kappa shape index (κ1) is 14.4. The molecule has 0 aromatic heterocycles. The molecule has 0 saturated heterocycles. The first-order valence-corrected chi connectivity index (χ1v) is 5.74. The number of nitrogens with one attached hydrogen (secondary N) is 1. The molecule has 0 spiro atoms. The first-order valence-electron chi connectivity index (χ1n) is 5.74. The smallest absolute Gasteiger partial charge is 0.219 e. The number of hydrogen-bond donors (Lipinski definition) is 1. The van der Waals surface area contributed by atoms with Crippen molar-refractivity contribution in [2.45, 2.75) is 46.3 Å². The van der Waals surface area contributed by atoms with E-state index in [-0.39, 0.29) is 12.2 Å². The van der Waals surface area contributed by atoms with Gasteiger partial charge < -0.3 is 14.8 Å². The molecule has 0 aromatic carbocycles. The van der Waals surface area contributed by atoms with Crippen LogP contribution in [-0.4, -0.2) is 32.0 Å². The monoisotopic (exact) mass is 217 g/mol. The van der Waals surface area contributed by atoms with Crippen LogP contribution in [0.15, 0.2) is 0 Å². The topological polar surface area (TPSA) is 47.6 Å². The van der Waals surface area contributed by atoms with Crippen LogP contribution >= 0.6 is 0 Å². The lowest BCUT2D eigenvalue weighted by Crippen LogP contribution is -2.28. The summed E-state index contributed by atoms with van der Waals surface area (Å²) in [4.78, 5) is 11.1. The summed E-state index contributed by atoms with van der Waals surface area (Å²) in [6.07, 6.45) is 1.99. The molecule has 4 nitrogen and oxygen atoms in total. The quantitative estimate of drug-likeness (QED) is 0.598. The van der Waals surface area contributed by atoms with E-state index in [0.717, 1.165) is 6.42 Å². The standard InChI is InChI=1S/C11H23NO3/c1-4-7-10(13)12-9-8-11(14-5-2)15-6-3/h11H,4-9H2,1-3H3,(H,12,13). The maximum absolute atomic E-state index is 11.1. The van der Waals surface area contributed by atoms with Crippen LogP contribution in [0.3, 0.4) is 0 Å². The number of rotatable bonds is 9. The highest BCUT2D eigenvalue weighted by Gasteiger charge is 2.07. The normalized spacial score (nSPS) is 10.7. The zero-order valence-corrected chi connectivity index (χ0v) is 10.0. The lowest BCUT2D eigenvalue weighted by Gasteiger charge is -2.16. The van der Waals surface area contributed by atoms with Gasteiger partial charge in [0.25, 0.3) is 0 Å². The van der Waals surface area contributed by atoms with E-state index in [9.17, 15) is 4.79 Å². The van der Waals surface area contributed by atoms with E-state index in [1.54, 1.807) is 0 Å². The van der Waals surface area contributed by atoms with Crippen molar-refractivity contribution in [2.24, 2.45) is 0 Å². The lowest BCUT2D eigenvalue weighted by molar-refractivity contribution is -0.139. The van der Waals surface area contributed by atoms with Gasteiger partial charge in [0.2, 0.25) is 5.91 Å². The van der Waals surface area contributed by atoms with E-state index < -0.39 is 0 Å². The largest absolute Gasteiger partial charge is 0.356 e. The highest BCUT2D eigenvalue weighted by Crippen LogP contribution is 2.00. The third-order valence-electron chi connectivity index (χ3n) is 1.88. The summed E-state index contributed by atoms with van der Waals surface area (Å²) in [5.74, 6) is 0.101. The molecule has 0 atom stereocenters. The fourth-order valence-electron chi connectivity index (χ4n) is 1.23. The van der Waals surface area contributed by atoms with Crippen LogP contribution in [0.25, 0.3) is 0 Å². The molecular weight excluding hydrogens is 194 g/mol. The average molecular weight is 217 g/mol. The van der Waals surface area contributed by atoms with Gasteiger partial charge in [-0.15, -0.1) is 0 Å².